The first-order valence-electron chi connectivity index (χ1n) is 13.9. The van der Waals surface area contributed by atoms with Crippen molar-refractivity contribution in [2.45, 2.75) is 32.4 Å². The SMILES string of the molecule is NCCOCCOCCOCCNCc1ccc(COc2cccc3c2C[C@@H](C2CCC(=O)NC2=O)C3=O)cc1. The van der Waals surface area contributed by atoms with E-state index in [0.717, 1.165) is 29.8 Å². The number of imide groups is 1. The Morgan fingerprint density at radius 1 is 0.850 bits per heavy atom. The fourth-order valence-electron chi connectivity index (χ4n) is 4.99. The minimum absolute atomic E-state index is 0.0466. The van der Waals surface area contributed by atoms with Crippen molar-refractivity contribution < 1.29 is 33.3 Å². The first-order chi connectivity index (χ1) is 19.6. The Bertz CT molecular complexity index is 1140. The topological polar surface area (TPSA) is 138 Å². The van der Waals surface area contributed by atoms with Gasteiger partial charge in [0.05, 0.1) is 39.6 Å². The number of ether oxygens (including phenoxy) is 4. The molecule has 216 valence electrons. The molecule has 2 aliphatic rings. The third-order valence-electron chi connectivity index (χ3n) is 7.10. The number of carbonyl (C=O) groups excluding carboxylic acids is 3. The Labute approximate surface area is 234 Å². The molecule has 0 bridgehead atoms. The van der Waals surface area contributed by atoms with E-state index < -0.39 is 11.8 Å². The summed E-state index contributed by atoms with van der Waals surface area (Å²) in [5.74, 6) is -0.943. The van der Waals surface area contributed by atoms with Gasteiger partial charge in [-0.15, -0.1) is 0 Å². The van der Waals surface area contributed by atoms with Gasteiger partial charge in [-0.3, -0.25) is 19.7 Å². The molecule has 1 saturated heterocycles. The fraction of sp³-hybridized carbons (Fsp3) is 0.500. The molecule has 1 fully saturated rings. The van der Waals surface area contributed by atoms with Crippen molar-refractivity contribution in [3.63, 3.8) is 0 Å². The standard InChI is InChI=1S/C30H39N3O7/c31-10-12-37-14-16-39-17-15-38-13-11-32-19-21-4-6-22(7-5-21)20-40-27-3-1-2-23-25(27)18-26(29(23)35)24-8-9-28(34)33-30(24)36/h1-7,24,26,32H,8-20,31H2,(H,33,34,36)/t24?,26-/m0/s1. The van der Waals surface area contributed by atoms with Crippen LogP contribution in [0, 0.1) is 11.8 Å². The molecule has 0 spiro atoms. The Morgan fingerprint density at radius 2 is 1.55 bits per heavy atom. The number of carbonyl (C=O) groups is 3. The summed E-state index contributed by atoms with van der Waals surface area (Å²) in [6, 6.07) is 13.6. The molecule has 1 unspecified atom stereocenters. The normalized spacial score (nSPS) is 18.6. The van der Waals surface area contributed by atoms with Crippen LogP contribution < -0.4 is 21.1 Å². The monoisotopic (exact) mass is 553 g/mol. The highest BCUT2D eigenvalue weighted by Crippen LogP contribution is 2.39. The summed E-state index contributed by atoms with van der Waals surface area (Å²) < 4.78 is 22.3. The van der Waals surface area contributed by atoms with E-state index in [1.807, 2.05) is 24.3 Å². The molecule has 0 radical (unpaired) electrons. The number of hydrogen-bond donors (Lipinski definition) is 3. The minimum Gasteiger partial charge on any atom is -0.489 e. The number of ketones is 1. The van der Waals surface area contributed by atoms with Crippen molar-refractivity contribution in [1.29, 1.82) is 0 Å². The molecule has 4 rings (SSSR count). The predicted molar refractivity (Wildman–Crippen MR) is 148 cm³/mol. The highest BCUT2D eigenvalue weighted by Gasteiger charge is 2.42. The van der Waals surface area contributed by atoms with Gasteiger partial charge in [0, 0.05) is 49.0 Å². The number of amides is 2. The van der Waals surface area contributed by atoms with Gasteiger partial charge in [-0.25, -0.2) is 0 Å². The van der Waals surface area contributed by atoms with Crippen molar-refractivity contribution >= 4 is 17.6 Å². The molecule has 2 amide bonds. The molecule has 0 aromatic heterocycles. The van der Waals surface area contributed by atoms with Crippen molar-refractivity contribution in [2.75, 3.05) is 52.7 Å². The molecule has 40 heavy (non-hydrogen) atoms. The zero-order valence-electron chi connectivity index (χ0n) is 22.8. The minimum atomic E-state index is -0.482. The van der Waals surface area contributed by atoms with Crippen LogP contribution in [0.1, 0.15) is 39.9 Å². The molecule has 10 nitrogen and oxygen atoms in total. The van der Waals surface area contributed by atoms with E-state index in [1.54, 1.807) is 6.07 Å². The van der Waals surface area contributed by atoms with Gasteiger partial charge in [0.2, 0.25) is 11.8 Å². The average molecular weight is 554 g/mol. The molecule has 1 aliphatic heterocycles. The summed E-state index contributed by atoms with van der Waals surface area (Å²) in [6.07, 6.45) is 1.12. The Kier molecular flexibility index (Phi) is 11.6. The predicted octanol–water partition coefficient (Wildman–Crippen LogP) is 1.77. The van der Waals surface area contributed by atoms with Crippen molar-refractivity contribution in [3.8, 4) is 5.75 Å². The molecule has 10 heteroatoms. The molecule has 0 saturated carbocycles. The summed E-state index contributed by atoms with van der Waals surface area (Å²) >= 11 is 0. The number of hydrogen-bond acceptors (Lipinski definition) is 9. The van der Waals surface area contributed by atoms with Crippen LogP contribution in [-0.4, -0.2) is 70.3 Å². The largest absolute Gasteiger partial charge is 0.489 e. The van der Waals surface area contributed by atoms with Crippen LogP contribution in [-0.2, 0) is 43.4 Å². The Hall–Kier alpha value is -3.15. The van der Waals surface area contributed by atoms with Crippen LogP contribution in [0.15, 0.2) is 42.5 Å². The van der Waals surface area contributed by atoms with E-state index in [4.69, 9.17) is 24.7 Å². The number of Topliss-reactive ketones (excluding diaryl/α,β-unsaturated/α-hetero) is 1. The van der Waals surface area contributed by atoms with Gasteiger partial charge in [0.1, 0.15) is 12.4 Å². The second-order valence-electron chi connectivity index (χ2n) is 9.92. The second-order valence-corrected chi connectivity index (χ2v) is 9.92. The van der Waals surface area contributed by atoms with Gasteiger partial charge in [0.25, 0.3) is 0 Å². The summed E-state index contributed by atoms with van der Waals surface area (Å²) in [4.78, 5) is 36.9. The van der Waals surface area contributed by atoms with Crippen LogP contribution >= 0.6 is 0 Å². The molecule has 1 aliphatic carbocycles. The highest BCUT2D eigenvalue weighted by molar-refractivity contribution is 6.07. The van der Waals surface area contributed by atoms with Crippen molar-refractivity contribution in [3.05, 3.63) is 64.7 Å². The molecule has 1 heterocycles. The summed E-state index contributed by atoms with van der Waals surface area (Å²) in [6.45, 7) is 5.69. The van der Waals surface area contributed by atoms with Gasteiger partial charge in [0.15, 0.2) is 5.78 Å². The van der Waals surface area contributed by atoms with E-state index >= 15 is 0 Å². The van der Waals surface area contributed by atoms with E-state index in [1.165, 1.54) is 0 Å². The van der Waals surface area contributed by atoms with Crippen LogP contribution in [0.25, 0.3) is 0 Å². The summed E-state index contributed by atoms with van der Waals surface area (Å²) in [5, 5.41) is 5.74. The van der Waals surface area contributed by atoms with E-state index in [2.05, 4.69) is 22.8 Å². The fourth-order valence-corrected chi connectivity index (χ4v) is 4.99. The molecule has 2 aromatic carbocycles. The lowest BCUT2D eigenvalue weighted by Crippen LogP contribution is -2.44. The summed E-state index contributed by atoms with van der Waals surface area (Å²) in [5.41, 5.74) is 8.97. The van der Waals surface area contributed by atoms with Gasteiger partial charge in [-0.05, 0) is 30.0 Å². The molecule has 2 atom stereocenters. The molecule has 2 aromatic rings. The first kappa shape index (κ1) is 29.8. The van der Waals surface area contributed by atoms with Crippen molar-refractivity contribution in [2.24, 2.45) is 17.6 Å². The number of piperidine rings is 1. The first-order valence-corrected chi connectivity index (χ1v) is 13.9. The van der Waals surface area contributed by atoms with Gasteiger partial charge in [-0.1, -0.05) is 36.4 Å². The van der Waals surface area contributed by atoms with Crippen LogP contribution in [0.4, 0.5) is 0 Å². The molecular weight excluding hydrogens is 514 g/mol. The molecular formula is C30H39N3O7. The van der Waals surface area contributed by atoms with Gasteiger partial charge in [-0.2, -0.15) is 0 Å². The Balaban J connectivity index is 1.15. The van der Waals surface area contributed by atoms with Crippen LogP contribution in [0.3, 0.4) is 0 Å². The summed E-state index contributed by atoms with van der Waals surface area (Å²) in [7, 11) is 0. The number of nitrogens with two attached hydrogens (primary N) is 1. The number of fused-ring (bicyclic) bond motifs is 1. The smallest absolute Gasteiger partial charge is 0.230 e. The van der Waals surface area contributed by atoms with Crippen LogP contribution in [0.2, 0.25) is 0 Å². The lowest BCUT2D eigenvalue weighted by Gasteiger charge is -2.24. The van der Waals surface area contributed by atoms with Crippen LogP contribution in [0.5, 0.6) is 5.75 Å². The zero-order chi connectivity index (χ0) is 28.2. The zero-order valence-corrected chi connectivity index (χ0v) is 22.8. The maximum absolute atomic E-state index is 13.1. The maximum Gasteiger partial charge on any atom is 0.230 e. The maximum atomic E-state index is 13.1. The number of rotatable bonds is 17. The van der Waals surface area contributed by atoms with E-state index in [9.17, 15) is 14.4 Å². The second kappa shape index (κ2) is 15.6. The molecule has 4 N–H and O–H groups in total. The third kappa shape index (κ3) is 8.42. The Morgan fingerprint density at radius 3 is 2.27 bits per heavy atom. The van der Waals surface area contributed by atoms with Crippen molar-refractivity contribution in [1.82, 2.24) is 10.6 Å². The number of nitrogens with one attached hydrogen (secondary N) is 2. The average Bonchev–Trinajstić information content (AvgIpc) is 3.29. The van der Waals surface area contributed by atoms with Gasteiger partial charge < -0.3 is 30.0 Å². The highest BCUT2D eigenvalue weighted by atomic mass is 16.5. The lowest BCUT2D eigenvalue weighted by atomic mass is 9.83. The van der Waals surface area contributed by atoms with E-state index in [0.29, 0.717) is 76.9 Å². The van der Waals surface area contributed by atoms with Gasteiger partial charge >= 0.3 is 0 Å². The quantitative estimate of drug-likeness (QED) is 0.198. The lowest BCUT2D eigenvalue weighted by molar-refractivity contribution is -0.137. The number of benzene rings is 2. The third-order valence-corrected chi connectivity index (χ3v) is 7.10. The van der Waals surface area contributed by atoms with E-state index in [-0.39, 0.29) is 24.0 Å².